The zero-order valence-corrected chi connectivity index (χ0v) is 12.9. The monoisotopic (exact) mass is 315 g/mol. The first-order valence-corrected chi connectivity index (χ1v) is 8.63. The molecule has 2 heterocycles. The van der Waals surface area contributed by atoms with Gasteiger partial charge in [0.15, 0.2) is 0 Å². The van der Waals surface area contributed by atoms with Crippen LogP contribution in [0.25, 0.3) is 0 Å². The predicted octanol–water partition coefficient (Wildman–Crippen LogP) is 4.34. The molecule has 1 aromatic carbocycles. The molecule has 0 bridgehead atoms. The summed E-state index contributed by atoms with van der Waals surface area (Å²) in [6.45, 7) is 0.803. The number of thioether (sulfide) groups is 1. The topological polar surface area (TPSA) is 21.3 Å². The second-order valence-corrected chi connectivity index (χ2v) is 7.24. The molecule has 1 N–H and O–H groups in total. The normalized spacial score (nSPS) is 25.6. The van der Waals surface area contributed by atoms with Gasteiger partial charge in [-0.15, -0.1) is 0 Å². The van der Waals surface area contributed by atoms with Gasteiger partial charge in [-0.05, 0) is 55.4 Å². The Labute approximate surface area is 128 Å². The summed E-state index contributed by atoms with van der Waals surface area (Å²) in [5.41, 5.74) is 0.953. The van der Waals surface area contributed by atoms with Crippen LogP contribution in [0.2, 0.25) is 5.02 Å². The fourth-order valence-corrected chi connectivity index (χ4v) is 4.48. The van der Waals surface area contributed by atoms with Gasteiger partial charge in [-0.1, -0.05) is 11.6 Å². The van der Waals surface area contributed by atoms with E-state index in [0.29, 0.717) is 6.04 Å². The maximum absolute atomic E-state index is 13.2. The van der Waals surface area contributed by atoms with E-state index < -0.39 is 0 Å². The lowest BCUT2D eigenvalue weighted by molar-refractivity contribution is -0.0865. The summed E-state index contributed by atoms with van der Waals surface area (Å²) >= 11 is 7.84. The minimum atomic E-state index is -0.370. The van der Waals surface area contributed by atoms with Gasteiger partial charge in [0.25, 0.3) is 0 Å². The van der Waals surface area contributed by atoms with Gasteiger partial charge in [0.05, 0.1) is 10.6 Å². The van der Waals surface area contributed by atoms with Crippen molar-refractivity contribution in [3.8, 4) is 0 Å². The van der Waals surface area contributed by atoms with Crippen molar-refractivity contribution in [1.29, 1.82) is 0 Å². The Kier molecular flexibility index (Phi) is 4.43. The number of anilines is 1. The number of nitrogens with one attached hydrogen (secondary N) is 1. The number of ether oxygens (including phenoxy) is 1. The number of halogens is 2. The van der Waals surface area contributed by atoms with E-state index in [2.05, 4.69) is 5.32 Å². The van der Waals surface area contributed by atoms with Crippen LogP contribution in [0.5, 0.6) is 0 Å². The van der Waals surface area contributed by atoms with Crippen LogP contribution in [0.3, 0.4) is 0 Å². The Hall–Kier alpha value is -0.450. The minimum Gasteiger partial charge on any atom is -0.382 e. The highest BCUT2D eigenvalue weighted by molar-refractivity contribution is 7.99. The molecule has 2 saturated heterocycles. The number of hydrogen-bond acceptors (Lipinski definition) is 3. The molecule has 0 amide bonds. The van der Waals surface area contributed by atoms with Crippen LogP contribution >= 0.6 is 23.4 Å². The molecule has 0 aromatic heterocycles. The van der Waals surface area contributed by atoms with Gasteiger partial charge in [0.1, 0.15) is 5.82 Å². The van der Waals surface area contributed by atoms with Crippen LogP contribution in [-0.4, -0.2) is 29.8 Å². The molecule has 0 saturated carbocycles. The average Bonchev–Trinajstić information content (AvgIpc) is 2.44. The zero-order chi connectivity index (χ0) is 14.0. The lowest BCUT2D eigenvalue weighted by atomic mass is 9.85. The fraction of sp³-hybridized carbons (Fsp3) is 0.600. The summed E-state index contributed by atoms with van der Waals surface area (Å²) in [6.07, 6.45) is 4.30. The molecule has 1 spiro atoms. The van der Waals surface area contributed by atoms with Gasteiger partial charge in [-0.25, -0.2) is 4.39 Å². The number of hydrogen-bond donors (Lipinski definition) is 1. The van der Waals surface area contributed by atoms with Crippen molar-refractivity contribution >= 4 is 29.1 Å². The molecular formula is C15H19ClFNOS. The molecule has 5 heteroatoms. The van der Waals surface area contributed by atoms with E-state index in [4.69, 9.17) is 16.3 Å². The molecule has 0 radical (unpaired) electrons. The molecular weight excluding hydrogens is 297 g/mol. The summed E-state index contributed by atoms with van der Waals surface area (Å²) in [5, 5.41) is 3.65. The van der Waals surface area contributed by atoms with Gasteiger partial charge in [-0.3, -0.25) is 0 Å². The third-order valence-electron chi connectivity index (χ3n) is 4.19. The van der Waals surface area contributed by atoms with Crippen LogP contribution in [0.1, 0.15) is 25.7 Å². The molecule has 20 heavy (non-hydrogen) atoms. The Morgan fingerprint density at radius 1 is 1.35 bits per heavy atom. The molecule has 2 aliphatic heterocycles. The van der Waals surface area contributed by atoms with Crippen molar-refractivity contribution in [2.75, 3.05) is 23.4 Å². The average molecular weight is 316 g/mol. The van der Waals surface area contributed by atoms with Gasteiger partial charge in [-0.2, -0.15) is 11.8 Å². The molecule has 1 unspecified atom stereocenters. The van der Waals surface area contributed by atoms with Crippen molar-refractivity contribution in [3.05, 3.63) is 29.0 Å². The van der Waals surface area contributed by atoms with Crippen molar-refractivity contribution in [2.45, 2.75) is 37.3 Å². The highest BCUT2D eigenvalue weighted by Gasteiger charge is 2.38. The van der Waals surface area contributed by atoms with E-state index in [9.17, 15) is 4.39 Å². The lowest BCUT2D eigenvalue weighted by Crippen LogP contribution is -2.46. The second kappa shape index (κ2) is 6.12. The van der Waals surface area contributed by atoms with Crippen LogP contribution < -0.4 is 5.32 Å². The highest BCUT2D eigenvalue weighted by Crippen LogP contribution is 2.38. The number of rotatable bonds is 2. The number of benzene rings is 1. The summed E-state index contributed by atoms with van der Waals surface area (Å²) in [6, 6.07) is 5.21. The van der Waals surface area contributed by atoms with Crippen LogP contribution in [0.15, 0.2) is 18.2 Å². The summed E-state index contributed by atoms with van der Waals surface area (Å²) < 4.78 is 19.3. The van der Waals surface area contributed by atoms with E-state index in [1.807, 2.05) is 11.8 Å². The lowest BCUT2D eigenvalue weighted by Gasteiger charge is -2.43. The molecule has 1 aromatic rings. The molecule has 2 fully saturated rings. The predicted molar refractivity (Wildman–Crippen MR) is 83.3 cm³/mol. The molecule has 0 aliphatic carbocycles. The van der Waals surface area contributed by atoms with Gasteiger partial charge in [0, 0.05) is 18.3 Å². The zero-order valence-electron chi connectivity index (χ0n) is 11.3. The summed E-state index contributed by atoms with van der Waals surface area (Å²) in [5.74, 6) is 2.01. The second-order valence-electron chi connectivity index (χ2n) is 5.61. The van der Waals surface area contributed by atoms with Gasteiger partial charge < -0.3 is 10.1 Å². The Morgan fingerprint density at radius 3 is 2.90 bits per heavy atom. The van der Waals surface area contributed by atoms with Crippen LogP contribution in [-0.2, 0) is 4.74 Å². The summed E-state index contributed by atoms with van der Waals surface area (Å²) in [4.78, 5) is 0. The van der Waals surface area contributed by atoms with E-state index in [1.54, 1.807) is 12.1 Å². The molecule has 110 valence electrons. The van der Waals surface area contributed by atoms with Gasteiger partial charge >= 0.3 is 0 Å². The third kappa shape index (κ3) is 3.23. The van der Waals surface area contributed by atoms with Crippen LogP contribution in [0, 0.1) is 5.82 Å². The Bertz CT molecular complexity index is 473. The summed E-state index contributed by atoms with van der Waals surface area (Å²) in [7, 11) is 0. The Morgan fingerprint density at radius 2 is 2.15 bits per heavy atom. The van der Waals surface area contributed by atoms with E-state index >= 15 is 0 Å². The quantitative estimate of drug-likeness (QED) is 0.877. The molecule has 3 rings (SSSR count). The first-order chi connectivity index (χ1) is 9.67. The fourth-order valence-electron chi connectivity index (χ4n) is 3.06. The standard InChI is InChI=1S/C15H19ClFNOS/c16-13-9-11(1-2-14(13)17)18-12-3-6-19-15(10-12)4-7-20-8-5-15/h1-2,9,12,18H,3-8,10H2. The molecule has 2 nitrogen and oxygen atoms in total. The maximum Gasteiger partial charge on any atom is 0.141 e. The van der Waals surface area contributed by atoms with Crippen molar-refractivity contribution < 1.29 is 9.13 Å². The van der Waals surface area contributed by atoms with Crippen LogP contribution in [0.4, 0.5) is 10.1 Å². The van der Waals surface area contributed by atoms with E-state index in [1.165, 1.54) is 17.6 Å². The van der Waals surface area contributed by atoms with Gasteiger partial charge in [0.2, 0.25) is 0 Å². The Balaban J connectivity index is 1.66. The van der Waals surface area contributed by atoms with Crippen molar-refractivity contribution in [3.63, 3.8) is 0 Å². The minimum absolute atomic E-state index is 0.0605. The SMILES string of the molecule is Fc1ccc(NC2CCOC3(CCSCC3)C2)cc1Cl. The van der Waals surface area contributed by atoms with E-state index in [-0.39, 0.29) is 16.4 Å². The highest BCUT2D eigenvalue weighted by atomic mass is 35.5. The smallest absolute Gasteiger partial charge is 0.141 e. The van der Waals surface area contributed by atoms with Crippen molar-refractivity contribution in [1.82, 2.24) is 0 Å². The van der Waals surface area contributed by atoms with E-state index in [0.717, 1.165) is 38.0 Å². The maximum atomic E-state index is 13.2. The third-order valence-corrected chi connectivity index (χ3v) is 5.46. The molecule has 1 atom stereocenters. The first-order valence-electron chi connectivity index (χ1n) is 7.10. The largest absolute Gasteiger partial charge is 0.382 e. The first kappa shape index (κ1) is 14.5. The molecule has 2 aliphatic rings. The van der Waals surface area contributed by atoms with Crippen molar-refractivity contribution in [2.24, 2.45) is 0 Å².